The van der Waals surface area contributed by atoms with Crippen LogP contribution in [0.3, 0.4) is 0 Å². The van der Waals surface area contributed by atoms with Crippen molar-refractivity contribution in [2.24, 2.45) is 0 Å². The molecule has 17 heavy (non-hydrogen) atoms. The number of amides is 1. The molecule has 1 heterocycles. The van der Waals surface area contributed by atoms with E-state index < -0.39 is 0 Å². The van der Waals surface area contributed by atoms with Crippen LogP contribution in [0.5, 0.6) is 0 Å². The topological polar surface area (TPSA) is 35.6 Å². The first-order valence-corrected chi connectivity index (χ1v) is 6.94. The minimum absolute atomic E-state index is 0.144. The number of carbonyl (C=O) groups excluding carboxylic acids is 1. The standard InChI is InChI=1S/C13H25N3O/c1-4-15(5-2)9-6-10-16-11(3)14-13(7-8-13)12(16)17/h11,14H,4-10H2,1-3H3. The van der Waals surface area contributed by atoms with Crippen molar-refractivity contribution in [1.29, 1.82) is 0 Å². The molecule has 4 nitrogen and oxygen atoms in total. The van der Waals surface area contributed by atoms with Crippen molar-refractivity contribution in [3.8, 4) is 0 Å². The summed E-state index contributed by atoms with van der Waals surface area (Å²) in [4.78, 5) is 16.6. The molecule has 0 aromatic carbocycles. The van der Waals surface area contributed by atoms with Crippen LogP contribution in [0.1, 0.15) is 40.0 Å². The van der Waals surface area contributed by atoms with Gasteiger partial charge in [0.15, 0.2) is 0 Å². The van der Waals surface area contributed by atoms with Gasteiger partial charge >= 0.3 is 0 Å². The molecule has 2 aliphatic rings. The molecule has 1 aliphatic heterocycles. The van der Waals surface area contributed by atoms with Crippen LogP contribution in [0, 0.1) is 0 Å². The van der Waals surface area contributed by atoms with Gasteiger partial charge in [-0.15, -0.1) is 0 Å². The molecule has 0 aromatic rings. The third-order valence-electron chi connectivity index (χ3n) is 4.14. The summed E-state index contributed by atoms with van der Waals surface area (Å²) >= 11 is 0. The van der Waals surface area contributed by atoms with Gasteiger partial charge in [0.05, 0.1) is 11.7 Å². The molecule has 2 rings (SSSR count). The highest BCUT2D eigenvalue weighted by Gasteiger charge is 2.57. The van der Waals surface area contributed by atoms with Crippen LogP contribution >= 0.6 is 0 Å². The van der Waals surface area contributed by atoms with Crippen molar-refractivity contribution in [2.75, 3.05) is 26.2 Å². The third kappa shape index (κ3) is 2.47. The Morgan fingerprint density at radius 2 is 2.06 bits per heavy atom. The summed E-state index contributed by atoms with van der Waals surface area (Å²) in [5, 5.41) is 3.43. The predicted octanol–water partition coefficient (Wildman–Crippen LogP) is 1.03. The van der Waals surface area contributed by atoms with Gasteiger partial charge in [-0.25, -0.2) is 0 Å². The van der Waals surface area contributed by atoms with Crippen LogP contribution in [0.25, 0.3) is 0 Å². The number of nitrogens with one attached hydrogen (secondary N) is 1. The van der Waals surface area contributed by atoms with E-state index in [1.54, 1.807) is 0 Å². The van der Waals surface area contributed by atoms with Crippen molar-refractivity contribution in [3.05, 3.63) is 0 Å². The lowest BCUT2D eigenvalue weighted by Crippen LogP contribution is -2.37. The summed E-state index contributed by atoms with van der Waals surface area (Å²) in [5.74, 6) is 0.338. The normalized spacial score (nSPS) is 26.2. The largest absolute Gasteiger partial charge is 0.326 e. The molecule has 0 radical (unpaired) electrons. The van der Waals surface area contributed by atoms with E-state index in [0.717, 1.165) is 45.4 Å². The summed E-state index contributed by atoms with van der Waals surface area (Å²) in [6.07, 6.45) is 3.36. The molecule has 1 saturated heterocycles. The second-order valence-electron chi connectivity index (χ2n) is 5.28. The van der Waals surface area contributed by atoms with E-state index in [2.05, 4.69) is 31.0 Å². The molecular formula is C13H25N3O. The number of hydrogen-bond donors (Lipinski definition) is 1. The minimum Gasteiger partial charge on any atom is -0.326 e. The molecule has 1 amide bonds. The number of nitrogens with zero attached hydrogens (tertiary/aromatic N) is 2. The summed E-state index contributed by atoms with van der Waals surface area (Å²) in [6.45, 7) is 10.7. The van der Waals surface area contributed by atoms with E-state index >= 15 is 0 Å². The van der Waals surface area contributed by atoms with Crippen LogP contribution in [0.15, 0.2) is 0 Å². The van der Waals surface area contributed by atoms with Crippen LogP contribution in [0.2, 0.25) is 0 Å². The fourth-order valence-electron chi connectivity index (χ4n) is 2.77. The average Bonchev–Trinajstić information content (AvgIpc) is 3.05. The molecule has 1 atom stereocenters. The van der Waals surface area contributed by atoms with Gasteiger partial charge in [0.25, 0.3) is 0 Å². The van der Waals surface area contributed by atoms with E-state index in [1.165, 1.54) is 0 Å². The zero-order valence-electron chi connectivity index (χ0n) is 11.3. The Morgan fingerprint density at radius 3 is 2.53 bits per heavy atom. The van der Waals surface area contributed by atoms with Gasteiger partial charge in [-0.2, -0.15) is 0 Å². The van der Waals surface area contributed by atoms with Crippen LogP contribution < -0.4 is 5.32 Å². The minimum atomic E-state index is -0.144. The van der Waals surface area contributed by atoms with Crippen LogP contribution in [0.4, 0.5) is 0 Å². The highest BCUT2D eigenvalue weighted by atomic mass is 16.2. The number of carbonyl (C=O) groups is 1. The molecule has 2 fully saturated rings. The van der Waals surface area contributed by atoms with Gasteiger partial charge in [-0.05, 0) is 45.8 Å². The van der Waals surface area contributed by atoms with Crippen molar-refractivity contribution in [1.82, 2.24) is 15.1 Å². The molecule has 1 aliphatic carbocycles. The van der Waals surface area contributed by atoms with Gasteiger partial charge in [0, 0.05) is 6.54 Å². The van der Waals surface area contributed by atoms with Crippen LogP contribution in [-0.2, 0) is 4.79 Å². The Hall–Kier alpha value is -0.610. The third-order valence-corrected chi connectivity index (χ3v) is 4.14. The Labute approximate surface area is 104 Å². The van der Waals surface area contributed by atoms with Crippen molar-refractivity contribution >= 4 is 5.91 Å². The highest BCUT2D eigenvalue weighted by molar-refractivity contribution is 5.91. The average molecular weight is 239 g/mol. The van der Waals surface area contributed by atoms with E-state index in [4.69, 9.17) is 0 Å². The molecule has 1 spiro atoms. The molecular weight excluding hydrogens is 214 g/mol. The zero-order chi connectivity index (χ0) is 12.5. The first kappa shape index (κ1) is 12.8. The van der Waals surface area contributed by atoms with E-state index in [1.807, 2.05) is 4.90 Å². The lowest BCUT2D eigenvalue weighted by Gasteiger charge is -2.23. The van der Waals surface area contributed by atoms with Crippen molar-refractivity contribution < 1.29 is 4.79 Å². The summed E-state index contributed by atoms with van der Waals surface area (Å²) in [5.41, 5.74) is -0.144. The fraction of sp³-hybridized carbons (Fsp3) is 0.923. The SMILES string of the molecule is CCN(CC)CCCN1C(=O)C2(CC2)NC1C. The van der Waals surface area contributed by atoms with Crippen LogP contribution in [-0.4, -0.2) is 53.6 Å². The zero-order valence-corrected chi connectivity index (χ0v) is 11.3. The smallest absolute Gasteiger partial charge is 0.244 e. The van der Waals surface area contributed by atoms with E-state index in [-0.39, 0.29) is 11.7 Å². The maximum Gasteiger partial charge on any atom is 0.244 e. The first-order chi connectivity index (χ1) is 8.13. The summed E-state index contributed by atoms with van der Waals surface area (Å²) in [6, 6.07) is 0. The van der Waals surface area contributed by atoms with Gasteiger partial charge < -0.3 is 9.80 Å². The molecule has 1 saturated carbocycles. The number of rotatable bonds is 6. The van der Waals surface area contributed by atoms with Gasteiger partial charge in [-0.1, -0.05) is 13.8 Å². The Balaban J connectivity index is 1.77. The lowest BCUT2D eigenvalue weighted by atomic mass is 10.2. The maximum atomic E-state index is 12.2. The predicted molar refractivity (Wildman–Crippen MR) is 68.7 cm³/mol. The second-order valence-corrected chi connectivity index (χ2v) is 5.28. The quantitative estimate of drug-likeness (QED) is 0.752. The number of hydrogen-bond acceptors (Lipinski definition) is 3. The Bertz CT molecular complexity index is 284. The van der Waals surface area contributed by atoms with Crippen molar-refractivity contribution in [2.45, 2.75) is 51.7 Å². The van der Waals surface area contributed by atoms with Gasteiger partial charge in [-0.3, -0.25) is 10.1 Å². The maximum absolute atomic E-state index is 12.2. The monoisotopic (exact) mass is 239 g/mol. The molecule has 0 bridgehead atoms. The lowest BCUT2D eigenvalue weighted by molar-refractivity contribution is -0.130. The van der Waals surface area contributed by atoms with Gasteiger partial charge in [0.1, 0.15) is 0 Å². The highest BCUT2D eigenvalue weighted by Crippen LogP contribution is 2.41. The fourth-order valence-corrected chi connectivity index (χ4v) is 2.77. The molecule has 98 valence electrons. The molecule has 1 unspecified atom stereocenters. The molecule has 4 heteroatoms. The summed E-state index contributed by atoms with van der Waals surface area (Å²) < 4.78 is 0. The van der Waals surface area contributed by atoms with Gasteiger partial charge in [0.2, 0.25) is 5.91 Å². The second kappa shape index (κ2) is 4.94. The first-order valence-electron chi connectivity index (χ1n) is 6.94. The molecule has 0 aromatic heterocycles. The summed E-state index contributed by atoms with van der Waals surface area (Å²) in [7, 11) is 0. The van der Waals surface area contributed by atoms with E-state index in [0.29, 0.717) is 5.91 Å². The Kier molecular flexibility index (Phi) is 3.73. The van der Waals surface area contributed by atoms with E-state index in [9.17, 15) is 4.79 Å². The van der Waals surface area contributed by atoms with Crippen molar-refractivity contribution in [3.63, 3.8) is 0 Å². The Morgan fingerprint density at radius 1 is 1.41 bits per heavy atom. The molecule has 1 N–H and O–H groups in total.